The van der Waals surface area contributed by atoms with Gasteiger partial charge in [-0.2, -0.15) is 0 Å². The van der Waals surface area contributed by atoms with E-state index in [2.05, 4.69) is 43.9 Å². The van der Waals surface area contributed by atoms with E-state index in [1.54, 1.807) is 0 Å². The van der Waals surface area contributed by atoms with Gasteiger partial charge in [-0.05, 0) is 76.4 Å². The fourth-order valence-electron chi connectivity index (χ4n) is 6.87. The van der Waals surface area contributed by atoms with Crippen LogP contribution in [-0.2, 0) is 28.5 Å². The van der Waals surface area contributed by atoms with E-state index in [1.165, 1.54) is 96.3 Å². The number of esters is 2. The lowest BCUT2D eigenvalue weighted by Crippen LogP contribution is -2.59. The van der Waals surface area contributed by atoms with Crippen molar-refractivity contribution in [3.8, 4) is 0 Å². The van der Waals surface area contributed by atoms with Gasteiger partial charge in [-0.25, -0.2) is 0 Å². The zero-order chi connectivity index (χ0) is 41.6. The summed E-state index contributed by atoms with van der Waals surface area (Å²) in [6.45, 7) is 3.38. The van der Waals surface area contributed by atoms with Gasteiger partial charge in [0.25, 0.3) is 0 Å². The minimum Gasteiger partial charge on any atom is -0.462 e. The molecule has 10 nitrogen and oxygen atoms in total. The summed E-state index contributed by atoms with van der Waals surface area (Å²) >= 11 is 0. The molecule has 0 aromatic heterocycles. The number of aliphatic hydroxyl groups is 4. The predicted molar refractivity (Wildman–Crippen MR) is 228 cm³/mol. The van der Waals surface area contributed by atoms with E-state index in [0.717, 1.165) is 64.2 Å². The van der Waals surface area contributed by atoms with E-state index in [1.807, 2.05) is 0 Å². The Morgan fingerprint density at radius 2 is 1.04 bits per heavy atom. The van der Waals surface area contributed by atoms with Gasteiger partial charge in [0.15, 0.2) is 12.4 Å². The molecule has 0 spiro atoms. The van der Waals surface area contributed by atoms with Gasteiger partial charge >= 0.3 is 11.9 Å². The molecule has 10 heteroatoms. The molecule has 0 bridgehead atoms. The van der Waals surface area contributed by atoms with E-state index >= 15 is 0 Å². The lowest BCUT2D eigenvalue weighted by molar-refractivity contribution is -0.305. The van der Waals surface area contributed by atoms with Crippen LogP contribution in [0.4, 0.5) is 0 Å². The first kappa shape index (κ1) is 53.0. The molecular weight excluding hydrogens is 725 g/mol. The standard InChI is InChI=1S/C47H84O10/c1-3-5-7-9-11-13-15-17-19-20-22-24-26-28-30-32-34-36-43(50)56-40(39-55-47-46(53)45(52)44(51)41(37-48)57-47)38-54-42(49)35-33-31-29-27-25-23-21-18-16-14-12-10-8-6-4-2/h16-17,19,21,40-41,44-48,51-53H,3-15,20,22-39H2,1-2H3/b19-17+/t18?,40-,41-,44+,45?,46?,47-/m1/s1. The number of hydrogen-bond acceptors (Lipinski definition) is 10. The van der Waals surface area contributed by atoms with Gasteiger partial charge in [0.05, 0.1) is 13.2 Å². The smallest absolute Gasteiger partial charge is 0.306 e. The summed E-state index contributed by atoms with van der Waals surface area (Å²) in [5.41, 5.74) is 3.30. The average Bonchev–Trinajstić information content (AvgIpc) is 3.21. The van der Waals surface area contributed by atoms with E-state index in [0.29, 0.717) is 12.8 Å². The highest BCUT2D eigenvalue weighted by Crippen LogP contribution is 2.22. The van der Waals surface area contributed by atoms with Crippen molar-refractivity contribution in [2.24, 2.45) is 0 Å². The van der Waals surface area contributed by atoms with Crippen LogP contribution in [-0.4, -0.2) is 89.0 Å². The topological polar surface area (TPSA) is 152 Å². The highest BCUT2D eigenvalue weighted by atomic mass is 16.7. The second kappa shape index (κ2) is 38.2. The summed E-state index contributed by atoms with van der Waals surface area (Å²) in [4.78, 5) is 25.3. The van der Waals surface area contributed by atoms with Crippen LogP contribution in [0.25, 0.3) is 0 Å². The van der Waals surface area contributed by atoms with Crippen molar-refractivity contribution in [2.45, 2.75) is 237 Å². The summed E-state index contributed by atoms with van der Waals surface area (Å²) in [5, 5.41) is 40.1. The van der Waals surface area contributed by atoms with Crippen molar-refractivity contribution >= 4 is 11.9 Å². The number of rotatable bonds is 38. The quantitative estimate of drug-likeness (QED) is 0.0205. The molecular formula is C47H84O10. The molecule has 1 saturated heterocycles. The third-order valence-electron chi connectivity index (χ3n) is 10.6. The van der Waals surface area contributed by atoms with Crippen LogP contribution < -0.4 is 0 Å². The van der Waals surface area contributed by atoms with Crippen molar-refractivity contribution in [3.63, 3.8) is 0 Å². The number of carbonyl (C=O) groups excluding carboxylic acids is 2. The monoisotopic (exact) mass is 809 g/mol. The number of ether oxygens (including phenoxy) is 4. The number of allylic oxidation sites excluding steroid dienone is 3. The minimum atomic E-state index is -1.60. The van der Waals surface area contributed by atoms with Gasteiger partial charge in [-0.3, -0.25) is 9.59 Å². The molecule has 1 aliphatic rings. The molecule has 332 valence electrons. The molecule has 0 radical (unpaired) electrons. The fraction of sp³-hybridized carbons (Fsp3) is 0.851. The zero-order valence-electron chi connectivity index (χ0n) is 36.1. The zero-order valence-corrected chi connectivity index (χ0v) is 36.1. The van der Waals surface area contributed by atoms with E-state index < -0.39 is 55.4 Å². The Labute approximate surface area is 346 Å². The molecule has 0 amide bonds. The molecule has 1 fully saturated rings. The van der Waals surface area contributed by atoms with E-state index in [4.69, 9.17) is 18.9 Å². The van der Waals surface area contributed by atoms with Gasteiger partial charge in [-0.1, -0.05) is 135 Å². The fourth-order valence-corrected chi connectivity index (χ4v) is 6.87. The number of aliphatic hydroxyl groups excluding tert-OH is 4. The molecule has 0 aromatic carbocycles. The largest absolute Gasteiger partial charge is 0.462 e. The molecule has 4 N–H and O–H groups in total. The second-order valence-electron chi connectivity index (χ2n) is 16.0. The molecule has 1 aliphatic heterocycles. The normalized spacial score (nSPS) is 20.0. The number of hydrogen-bond donors (Lipinski definition) is 4. The lowest BCUT2D eigenvalue weighted by atomic mass is 9.99. The van der Waals surface area contributed by atoms with Crippen LogP contribution >= 0.6 is 0 Å². The summed E-state index contributed by atoms with van der Waals surface area (Å²) in [6.07, 6.45) is 32.4. The lowest BCUT2D eigenvalue weighted by Gasteiger charge is -2.39. The van der Waals surface area contributed by atoms with Crippen molar-refractivity contribution in [1.29, 1.82) is 0 Å². The Morgan fingerprint density at radius 3 is 1.54 bits per heavy atom. The van der Waals surface area contributed by atoms with Gasteiger partial charge in [0, 0.05) is 12.8 Å². The molecule has 0 aromatic rings. The van der Waals surface area contributed by atoms with Gasteiger partial charge in [0.1, 0.15) is 31.0 Å². The summed E-state index contributed by atoms with van der Waals surface area (Å²) < 4.78 is 22.2. The van der Waals surface area contributed by atoms with Crippen LogP contribution in [0.1, 0.15) is 200 Å². The third kappa shape index (κ3) is 29.8. The van der Waals surface area contributed by atoms with Crippen LogP contribution in [0.3, 0.4) is 0 Å². The van der Waals surface area contributed by atoms with Gasteiger partial charge in [-0.15, -0.1) is 5.73 Å². The summed E-state index contributed by atoms with van der Waals surface area (Å²) in [5.74, 6) is -0.829. The van der Waals surface area contributed by atoms with E-state index in [-0.39, 0.29) is 26.1 Å². The molecule has 57 heavy (non-hydrogen) atoms. The Kier molecular flexibility index (Phi) is 35.5. The number of carbonyl (C=O) groups is 2. The first-order valence-electron chi connectivity index (χ1n) is 23.2. The van der Waals surface area contributed by atoms with Crippen molar-refractivity contribution in [3.05, 3.63) is 30.0 Å². The highest BCUT2D eigenvalue weighted by Gasteiger charge is 2.44. The summed E-state index contributed by atoms with van der Waals surface area (Å²) in [7, 11) is 0. The van der Waals surface area contributed by atoms with Crippen LogP contribution in [0.15, 0.2) is 30.0 Å². The first-order chi connectivity index (χ1) is 27.8. The van der Waals surface area contributed by atoms with Gasteiger partial charge in [0.2, 0.25) is 0 Å². The van der Waals surface area contributed by atoms with Crippen LogP contribution in [0, 0.1) is 0 Å². The molecule has 1 heterocycles. The summed E-state index contributed by atoms with van der Waals surface area (Å²) in [6, 6.07) is 0. The van der Waals surface area contributed by atoms with Crippen molar-refractivity contribution in [2.75, 3.05) is 19.8 Å². The molecule has 1 rings (SSSR count). The maximum absolute atomic E-state index is 12.8. The first-order valence-corrected chi connectivity index (χ1v) is 23.2. The van der Waals surface area contributed by atoms with Gasteiger partial charge < -0.3 is 39.4 Å². The van der Waals surface area contributed by atoms with Crippen molar-refractivity contribution in [1.82, 2.24) is 0 Å². The average molecular weight is 809 g/mol. The Balaban J connectivity index is 2.34. The molecule has 0 aliphatic carbocycles. The molecule has 2 unspecified atom stereocenters. The third-order valence-corrected chi connectivity index (χ3v) is 10.6. The maximum atomic E-state index is 12.8. The highest BCUT2D eigenvalue weighted by molar-refractivity contribution is 5.70. The Hall–Kier alpha value is -2.04. The van der Waals surface area contributed by atoms with E-state index in [9.17, 15) is 30.0 Å². The van der Waals surface area contributed by atoms with Crippen LogP contribution in [0.2, 0.25) is 0 Å². The second-order valence-corrected chi connectivity index (χ2v) is 16.0. The maximum Gasteiger partial charge on any atom is 0.306 e. The molecule has 0 saturated carbocycles. The Morgan fingerprint density at radius 1 is 0.579 bits per heavy atom. The number of unbranched alkanes of at least 4 members (excludes halogenated alkanes) is 23. The SMILES string of the molecule is CCCCCCCC=C=CCCCCCCCC(=O)OC[C@H](CO[C@@H]1O[C@H](CO)[C@H](O)C(O)C1O)OC(=O)CCCCCCCCC/C=C/CCCCCCCC. The minimum absolute atomic E-state index is 0.221. The predicted octanol–water partition coefficient (Wildman–Crippen LogP) is 9.88. The molecule has 6 atom stereocenters. The van der Waals surface area contributed by atoms with Crippen LogP contribution in [0.5, 0.6) is 0 Å². The van der Waals surface area contributed by atoms with Crippen molar-refractivity contribution < 1.29 is 49.0 Å². The Bertz CT molecular complexity index is 1040.